The minimum absolute atomic E-state index is 0.309. The second kappa shape index (κ2) is 9.01. The normalized spacial score (nSPS) is 10.1. The first-order valence-electron chi connectivity index (χ1n) is 8.50. The maximum absolute atomic E-state index is 12.1. The van der Waals surface area contributed by atoms with Crippen molar-refractivity contribution >= 4 is 40.4 Å². The summed E-state index contributed by atoms with van der Waals surface area (Å²) in [6, 6.07) is 19.7. The van der Waals surface area contributed by atoms with E-state index in [2.05, 4.69) is 16.0 Å². The molecule has 3 aromatic carbocycles. The van der Waals surface area contributed by atoms with E-state index in [0.29, 0.717) is 27.9 Å². The Balaban J connectivity index is 1.67. The largest absolute Gasteiger partial charge is 0.495 e. The van der Waals surface area contributed by atoms with Crippen molar-refractivity contribution in [1.82, 2.24) is 0 Å². The van der Waals surface area contributed by atoms with E-state index in [0.717, 1.165) is 11.4 Å². The van der Waals surface area contributed by atoms with Crippen LogP contribution in [0.4, 0.5) is 27.5 Å². The van der Waals surface area contributed by atoms with Gasteiger partial charge in [-0.2, -0.15) is 0 Å². The Morgan fingerprint density at radius 3 is 1.96 bits per heavy atom. The van der Waals surface area contributed by atoms with Gasteiger partial charge >= 0.3 is 6.03 Å². The molecule has 2 amide bonds. The number of benzene rings is 3. The van der Waals surface area contributed by atoms with Gasteiger partial charge in [0.25, 0.3) is 0 Å². The highest BCUT2D eigenvalue weighted by molar-refractivity contribution is 6.32. The molecule has 0 heterocycles. The third-order valence-electron chi connectivity index (χ3n) is 3.93. The molecule has 0 radical (unpaired) electrons. The van der Waals surface area contributed by atoms with Crippen LogP contribution >= 0.6 is 11.6 Å². The van der Waals surface area contributed by atoms with Gasteiger partial charge < -0.3 is 25.4 Å². The van der Waals surface area contributed by atoms with Crippen LogP contribution in [0.2, 0.25) is 5.02 Å². The topological polar surface area (TPSA) is 71.6 Å². The number of para-hydroxylation sites is 1. The summed E-state index contributed by atoms with van der Waals surface area (Å²) in [5, 5.41) is 9.28. The van der Waals surface area contributed by atoms with E-state index in [9.17, 15) is 4.79 Å². The summed E-state index contributed by atoms with van der Waals surface area (Å²) in [5.41, 5.74) is 2.92. The van der Waals surface area contributed by atoms with Crippen molar-refractivity contribution in [1.29, 1.82) is 0 Å². The van der Waals surface area contributed by atoms with Gasteiger partial charge in [-0.05, 0) is 36.4 Å². The van der Waals surface area contributed by atoms with E-state index < -0.39 is 0 Å². The number of urea groups is 1. The second-order valence-corrected chi connectivity index (χ2v) is 6.24. The number of methoxy groups -OCH3 is 2. The fourth-order valence-corrected chi connectivity index (χ4v) is 2.80. The van der Waals surface area contributed by atoms with Crippen molar-refractivity contribution in [3.63, 3.8) is 0 Å². The lowest BCUT2D eigenvalue weighted by atomic mass is 10.2. The first kappa shape index (κ1) is 19.4. The third-order valence-corrected chi connectivity index (χ3v) is 4.22. The number of nitrogens with one attached hydrogen (secondary N) is 3. The van der Waals surface area contributed by atoms with Gasteiger partial charge in [-0.3, -0.25) is 0 Å². The first-order valence-corrected chi connectivity index (χ1v) is 8.88. The summed E-state index contributed by atoms with van der Waals surface area (Å²) in [7, 11) is 3.13. The molecule has 0 atom stereocenters. The van der Waals surface area contributed by atoms with Crippen molar-refractivity contribution in [2.45, 2.75) is 0 Å². The van der Waals surface area contributed by atoms with E-state index in [1.54, 1.807) is 38.5 Å². The van der Waals surface area contributed by atoms with Gasteiger partial charge in [0.05, 0.1) is 24.9 Å². The average Bonchev–Trinajstić information content (AvgIpc) is 2.71. The molecule has 7 heteroatoms. The Morgan fingerprint density at radius 1 is 0.786 bits per heavy atom. The standard InChI is InChI=1S/C21H20ClN3O3/c1-27-19-13-18(20(28-2)12-17(19)22)23-15-8-10-16(11-9-15)25-21(26)24-14-6-4-3-5-7-14/h3-13,23H,1-2H3,(H2,24,25,26). The summed E-state index contributed by atoms with van der Waals surface area (Å²) >= 11 is 6.13. The van der Waals surface area contributed by atoms with Crippen LogP contribution in [0.3, 0.4) is 0 Å². The van der Waals surface area contributed by atoms with Crippen molar-refractivity contribution in [2.24, 2.45) is 0 Å². The summed E-state index contributed by atoms with van der Waals surface area (Å²) in [6.07, 6.45) is 0. The Labute approximate surface area is 168 Å². The van der Waals surface area contributed by atoms with Crippen LogP contribution in [0.15, 0.2) is 66.7 Å². The highest BCUT2D eigenvalue weighted by Gasteiger charge is 2.10. The first-order chi connectivity index (χ1) is 13.6. The molecular weight excluding hydrogens is 378 g/mol. The smallest absolute Gasteiger partial charge is 0.323 e. The number of carbonyl (C=O) groups is 1. The highest BCUT2D eigenvalue weighted by Crippen LogP contribution is 2.37. The number of hydrogen-bond donors (Lipinski definition) is 3. The minimum Gasteiger partial charge on any atom is -0.495 e. The molecule has 0 aromatic heterocycles. The second-order valence-electron chi connectivity index (χ2n) is 5.83. The highest BCUT2D eigenvalue weighted by atomic mass is 35.5. The molecule has 0 aliphatic rings. The molecule has 0 fully saturated rings. The zero-order chi connectivity index (χ0) is 19.9. The minimum atomic E-state index is -0.309. The number of anilines is 4. The fraction of sp³-hybridized carbons (Fsp3) is 0.0952. The van der Waals surface area contributed by atoms with Crippen LogP contribution in [0, 0.1) is 0 Å². The van der Waals surface area contributed by atoms with E-state index in [4.69, 9.17) is 21.1 Å². The molecule has 3 rings (SSSR count). The summed E-state index contributed by atoms with van der Waals surface area (Å²) < 4.78 is 10.6. The van der Waals surface area contributed by atoms with Crippen molar-refractivity contribution < 1.29 is 14.3 Å². The van der Waals surface area contributed by atoms with E-state index in [-0.39, 0.29) is 6.03 Å². The Kier molecular flexibility index (Phi) is 6.24. The molecular formula is C21H20ClN3O3. The van der Waals surface area contributed by atoms with Crippen LogP contribution in [-0.2, 0) is 0 Å². The van der Waals surface area contributed by atoms with Crippen LogP contribution < -0.4 is 25.4 Å². The lowest BCUT2D eigenvalue weighted by molar-refractivity contribution is 0.262. The molecule has 0 spiro atoms. The number of hydrogen-bond acceptors (Lipinski definition) is 4. The third kappa shape index (κ3) is 4.86. The fourth-order valence-electron chi connectivity index (χ4n) is 2.57. The Bertz CT molecular complexity index is 947. The van der Waals surface area contributed by atoms with Crippen LogP contribution in [0.5, 0.6) is 11.5 Å². The average molecular weight is 398 g/mol. The molecule has 0 unspecified atom stereocenters. The van der Waals surface area contributed by atoms with Crippen molar-refractivity contribution in [2.75, 3.05) is 30.2 Å². The molecule has 3 aromatic rings. The molecule has 0 saturated carbocycles. The maximum Gasteiger partial charge on any atom is 0.323 e. The van der Waals surface area contributed by atoms with E-state index >= 15 is 0 Å². The number of amides is 2. The van der Waals surface area contributed by atoms with Gasteiger partial charge in [0.15, 0.2) is 0 Å². The quantitative estimate of drug-likeness (QED) is 0.495. The van der Waals surface area contributed by atoms with Gasteiger partial charge in [0.2, 0.25) is 0 Å². The molecule has 144 valence electrons. The number of halogens is 1. The predicted octanol–water partition coefficient (Wildman–Crippen LogP) is 5.74. The van der Waals surface area contributed by atoms with Crippen molar-refractivity contribution in [3.05, 3.63) is 71.8 Å². The molecule has 3 N–H and O–H groups in total. The zero-order valence-electron chi connectivity index (χ0n) is 15.5. The van der Waals surface area contributed by atoms with Gasteiger partial charge in [0.1, 0.15) is 11.5 Å². The summed E-state index contributed by atoms with van der Waals surface area (Å²) in [6.45, 7) is 0. The van der Waals surface area contributed by atoms with Gasteiger partial charge in [-0.15, -0.1) is 0 Å². The van der Waals surface area contributed by atoms with Gasteiger partial charge in [-0.25, -0.2) is 4.79 Å². The lowest BCUT2D eigenvalue weighted by Crippen LogP contribution is -2.19. The SMILES string of the molecule is COc1cc(Nc2ccc(NC(=O)Nc3ccccc3)cc2)c(OC)cc1Cl. The summed E-state index contributed by atoms with van der Waals surface area (Å²) in [5.74, 6) is 1.14. The molecule has 0 bridgehead atoms. The van der Waals surface area contributed by atoms with Crippen LogP contribution in [-0.4, -0.2) is 20.3 Å². The monoisotopic (exact) mass is 397 g/mol. The van der Waals surface area contributed by atoms with E-state index in [1.165, 1.54) is 0 Å². The molecule has 6 nitrogen and oxygen atoms in total. The molecule has 0 aliphatic heterocycles. The van der Waals surface area contributed by atoms with Gasteiger partial charge in [0, 0.05) is 29.2 Å². The van der Waals surface area contributed by atoms with E-state index in [1.807, 2.05) is 42.5 Å². The maximum atomic E-state index is 12.1. The number of carbonyl (C=O) groups excluding carboxylic acids is 1. The van der Waals surface area contributed by atoms with Crippen molar-refractivity contribution in [3.8, 4) is 11.5 Å². The molecule has 28 heavy (non-hydrogen) atoms. The van der Waals surface area contributed by atoms with Crippen LogP contribution in [0.25, 0.3) is 0 Å². The van der Waals surface area contributed by atoms with Gasteiger partial charge in [-0.1, -0.05) is 29.8 Å². The Hall–Kier alpha value is -3.38. The Morgan fingerprint density at radius 2 is 1.36 bits per heavy atom. The predicted molar refractivity (Wildman–Crippen MR) is 113 cm³/mol. The zero-order valence-corrected chi connectivity index (χ0v) is 16.2. The lowest BCUT2D eigenvalue weighted by Gasteiger charge is -2.14. The summed E-state index contributed by atoms with van der Waals surface area (Å²) in [4.78, 5) is 12.1. The molecule has 0 saturated heterocycles. The number of rotatable bonds is 6. The number of ether oxygens (including phenoxy) is 2. The molecule has 0 aliphatic carbocycles. The van der Waals surface area contributed by atoms with Crippen LogP contribution in [0.1, 0.15) is 0 Å².